The second-order valence-electron chi connectivity index (χ2n) is 6.75. The normalized spacial score (nSPS) is 10.8. The Balaban J connectivity index is 1.69. The maximum absolute atomic E-state index is 13.4. The summed E-state index contributed by atoms with van der Waals surface area (Å²) in [5.74, 6) is 1.13. The highest BCUT2D eigenvalue weighted by atomic mass is 32.1. The van der Waals surface area contributed by atoms with Crippen LogP contribution in [0.3, 0.4) is 0 Å². The number of aromatic nitrogens is 3. The van der Waals surface area contributed by atoms with E-state index in [9.17, 15) is 9.18 Å². The lowest BCUT2D eigenvalue weighted by Gasteiger charge is -2.21. The second kappa shape index (κ2) is 10.2. The van der Waals surface area contributed by atoms with Gasteiger partial charge in [-0.25, -0.2) is 4.39 Å². The third-order valence-electron chi connectivity index (χ3n) is 4.73. The first kappa shape index (κ1) is 21.7. The summed E-state index contributed by atoms with van der Waals surface area (Å²) in [6, 6.07) is 13.9. The molecule has 0 fully saturated rings. The second-order valence-corrected chi connectivity index (χ2v) is 7.14. The summed E-state index contributed by atoms with van der Waals surface area (Å²) in [6.45, 7) is 5.75. The first-order chi connectivity index (χ1) is 14.5. The Morgan fingerprint density at radius 1 is 1.23 bits per heavy atom. The van der Waals surface area contributed by atoms with Crippen molar-refractivity contribution in [3.8, 4) is 17.1 Å². The molecule has 2 aromatic carbocycles. The highest BCUT2D eigenvalue weighted by Crippen LogP contribution is 2.21. The number of hydrogen-bond acceptors (Lipinski definition) is 4. The number of nitrogens with zero attached hydrogens (tertiary/aromatic N) is 3. The van der Waals surface area contributed by atoms with Gasteiger partial charge in [0.15, 0.2) is 10.6 Å². The number of carbonyl (C=O) groups excluding carboxylic acids is 1. The zero-order valence-electron chi connectivity index (χ0n) is 17.1. The van der Waals surface area contributed by atoms with Crippen LogP contribution >= 0.6 is 12.2 Å². The summed E-state index contributed by atoms with van der Waals surface area (Å²) in [6.07, 6.45) is 0.265. The summed E-state index contributed by atoms with van der Waals surface area (Å²) < 4.78 is 21.2. The number of carbonyl (C=O) groups is 1. The largest absolute Gasteiger partial charge is 0.494 e. The molecule has 0 atom stereocenters. The number of rotatable bonds is 9. The molecule has 0 saturated heterocycles. The predicted molar refractivity (Wildman–Crippen MR) is 116 cm³/mol. The molecule has 30 heavy (non-hydrogen) atoms. The van der Waals surface area contributed by atoms with E-state index in [-0.39, 0.29) is 18.1 Å². The Hall–Kier alpha value is -3.00. The number of H-pyrrole nitrogens is 1. The zero-order valence-corrected chi connectivity index (χ0v) is 17.9. The summed E-state index contributed by atoms with van der Waals surface area (Å²) >= 11 is 5.36. The topological polar surface area (TPSA) is 63.1 Å². The third-order valence-corrected chi connectivity index (χ3v) is 5.04. The quantitative estimate of drug-likeness (QED) is 0.507. The summed E-state index contributed by atoms with van der Waals surface area (Å²) in [5, 5.41) is 7.13. The van der Waals surface area contributed by atoms with Gasteiger partial charge in [0.2, 0.25) is 5.91 Å². The highest BCUT2D eigenvalue weighted by molar-refractivity contribution is 7.71. The molecule has 0 bridgehead atoms. The van der Waals surface area contributed by atoms with Gasteiger partial charge >= 0.3 is 0 Å². The van der Waals surface area contributed by atoms with E-state index in [0.717, 1.165) is 16.9 Å². The molecule has 0 radical (unpaired) electrons. The molecular formula is C22H25FN4O2S. The Morgan fingerprint density at radius 3 is 2.67 bits per heavy atom. The lowest BCUT2D eigenvalue weighted by molar-refractivity contribution is -0.131. The Bertz CT molecular complexity index is 1050. The molecule has 6 nitrogen and oxygen atoms in total. The third kappa shape index (κ3) is 5.33. The van der Waals surface area contributed by atoms with Crippen molar-refractivity contribution >= 4 is 18.1 Å². The fourth-order valence-corrected chi connectivity index (χ4v) is 3.43. The van der Waals surface area contributed by atoms with Crippen LogP contribution in [0.4, 0.5) is 4.39 Å². The van der Waals surface area contributed by atoms with Crippen LogP contribution < -0.4 is 4.74 Å². The van der Waals surface area contributed by atoms with Crippen molar-refractivity contribution in [3.63, 3.8) is 0 Å². The number of benzene rings is 2. The standard InChI is InChI=1S/C22H25FN4O2S/c1-3-26(15-16-6-5-7-18(23)14-16)20(28)12-13-27-21(24-25-22(27)30)17-8-10-19(11-9-17)29-4-2/h5-11,14H,3-4,12-13,15H2,1-2H3,(H,25,30). The van der Waals surface area contributed by atoms with E-state index in [1.54, 1.807) is 11.0 Å². The molecule has 8 heteroatoms. The first-order valence-electron chi connectivity index (χ1n) is 9.92. The van der Waals surface area contributed by atoms with Crippen molar-refractivity contribution < 1.29 is 13.9 Å². The van der Waals surface area contributed by atoms with E-state index in [4.69, 9.17) is 17.0 Å². The molecule has 0 unspecified atom stereocenters. The molecule has 1 heterocycles. The predicted octanol–water partition coefficient (Wildman–Crippen LogP) is 4.58. The van der Waals surface area contributed by atoms with Gasteiger partial charge in [0, 0.05) is 31.6 Å². The van der Waals surface area contributed by atoms with Gasteiger partial charge in [0.05, 0.1) is 6.61 Å². The fourth-order valence-electron chi connectivity index (χ4n) is 3.21. The van der Waals surface area contributed by atoms with Crippen LogP contribution in [0.2, 0.25) is 0 Å². The first-order valence-corrected chi connectivity index (χ1v) is 10.3. The molecule has 0 aliphatic rings. The van der Waals surface area contributed by atoms with E-state index in [0.29, 0.717) is 36.8 Å². The van der Waals surface area contributed by atoms with Crippen molar-refractivity contribution in [2.24, 2.45) is 0 Å². The Kier molecular flexibility index (Phi) is 7.35. The Labute approximate surface area is 180 Å². The van der Waals surface area contributed by atoms with Crippen LogP contribution in [0.25, 0.3) is 11.4 Å². The van der Waals surface area contributed by atoms with Crippen molar-refractivity contribution in [3.05, 3.63) is 64.7 Å². The van der Waals surface area contributed by atoms with Crippen LogP contribution in [0.15, 0.2) is 48.5 Å². The van der Waals surface area contributed by atoms with Gasteiger partial charge in [-0.15, -0.1) is 0 Å². The molecule has 1 amide bonds. The van der Waals surface area contributed by atoms with Crippen molar-refractivity contribution in [1.29, 1.82) is 0 Å². The number of aromatic amines is 1. The van der Waals surface area contributed by atoms with Crippen molar-refractivity contribution in [1.82, 2.24) is 19.7 Å². The van der Waals surface area contributed by atoms with Gasteiger partial charge in [0.25, 0.3) is 0 Å². The monoisotopic (exact) mass is 428 g/mol. The summed E-state index contributed by atoms with van der Waals surface area (Å²) in [4.78, 5) is 14.5. The minimum Gasteiger partial charge on any atom is -0.494 e. The maximum atomic E-state index is 13.4. The van der Waals surface area contributed by atoms with Crippen LogP contribution in [-0.4, -0.2) is 38.7 Å². The zero-order chi connectivity index (χ0) is 21.5. The summed E-state index contributed by atoms with van der Waals surface area (Å²) in [7, 11) is 0. The molecule has 3 rings (SSSR count). The lowest BCUT2D eigenvalue weighted by atomic mass is 10.2. The van der Waals surface area contributed by atoms with E-state index < -0.39 is 0 Å². The van der Waals surface area contributed by atoms with Crippen LogP contribution in [0, 0.1) is 10.6 Å². The number of ether oxygens (including phenoxy) is 1. The van der Waals surface area contributed by atoms with Crippen LogP contribution in [-0.2, 0) is 17.9 Å². The molecule has 0 aliphatic heterocycles. The maximum Gasteiger partial charge on any atom is 0.224 e. The van der Waals surface area contributed by atoms with E-state index in [1.165, 1.54) is 12.1 Å². The van der Waals surface area contributed by atoms with Crippen molar-refractivity contribution in [2.45, 2.75) is 33.4 Å². The fraction of sp³-hybridized carbons (Fsp3) is 0.318. The average molecular weight is 429 g/mol. The van der Waals surface area contributed by atoms with Gasteiger partial charge in [-0.2, -0.15) is 5.10 Å². The van der Waals surface area contributed by atoms with Crippen LogP contribution in [0.5, 0.6) is 5.75 Å². The number of nitrogens with one attached hydrogen (secondary N) is 1. The summed E-state index contributed by atoms with van der Waals surface area (Å²) in [5.41, 5.74) is 1.64. The molecule has 1 N–H and O–H groups in total. The van der Waals surface area contributed by atoms with Gasteiger partial charge in [0.1, 0.15) is 11.6 Å². The number of amides is 1. The molecule has 1 aromatic heterocycles. The lowest BCUT2D eigenvalue weighted by Crippen LogP contribution is -2.31. The SMILES string of the molecule is CCOc1ccc(-c2n[nH]c(=S)n2CCC(=O)N(CC)Cc2cccc(F)c2)cc1. The number of hydrogen-bond donors (Lipinski definition) is 1. The minimum absolute atomic E-state index is 0.0255. The van der Waals surface area contributed by atoms with Gasteiger partial charge in [-0.05, 0) is 68.0 Å². The Morgan fingerprint density at radius 2 is 2.00 bits per heavy atom. The van der Waals surface area contributed by atoms with Crippen molar-refractivity contribution in [2.75, 3.05) is 13.2 Å². The van der Waals surface area contributed by atoms with E-state index in [2.05, 4.69) is 10.2 Å². The van der Waals surface area contributed by atoms with Crippen LogP contribution in [0.1, 0.15) is 25.8 Å². The number of halogens is 1. The van der Waals surface area contributed by atoms with Gasteiger partial charge in [-0.3, -0.25) is 14.5 Å². The average Bonchev–Trinajstić information content (AvgIpc) is 3.11. The highest BCUT2D eigenvalue weighted by Gasteiger charge is 2.15. The molecule has 0 saturated carbocycles. The molecule has 158 valence electrons. The minimum atomic E-state index is -0.305. The smallest absolute Gasteiger partial charge is 0.224 e. The van der Waals surface area contributed by atoms with E-state index in [1.807, 2.05) is 48.7 Å². The molecule has 3 aromatic rings. The molecule has 0 spiro atoms. The molecular weight excluding hydrogens is 403 g/mol. The van der Waals surface area contributed by atoms with Gasteiger partial charge in [-0.1, -0.05) is 12.1 Å². The molecule has 0 aliphatic carbocycles. The van der Waals surface area contributed by atoms with Gasteiger partial charge < -0.3 is 9.64 Å². The van der Waals surface area contributed by atoms with E-state index >= 15 is 0 Å².